The zero-order valence-electron chi connectivity index (χ0n) is 14.4. The molecule has 0 fully saturated rings. The van der Waals surface area contributed by atoms with E-state index >= 15 is 0 Å². The molecule has 0 aromatic rings. The van der Waals surface area contributed by atoms with Crippen molar-refractivity contribution in [2.75, 3.05) is 6.54 Å². The first-order valence-electron chi connectivity index (χ1n) is 8.39. The fraction of sp³-hybridized carbons (Fsp3) is 0.600. The summed E-state index contributed by atoms with van der Waals surface area (Å²) in [6.07, 6.45) is 18.5. The number of rotatable bonds is 7. The fourth-order valence-electron chi connectivity index (χ4n) is 3.00. The predicted octanol–water partition coefficient (Wildman–Crippen LogP) is 5.70. The summed E-state index contributed by atoms with van der Waals surface area (Å²) < 4.78 is 0. The molecule has 0 unspecified atom stereocenters. The largest absolute Gasteiger partial charge is 0.330 e. The van der Waals surface area contributed by atoms with Crippen LogP contribution in [0.1, 0.15) is 66.2 Å². The third-order valence-electron chi connectivity index (χ3n) is 4.38. The molecule has 1 aliphatic rings. The van der Waals surface area contributed by atoms with Crippen LogP contribution in [0.15, 0.2) is 47.1 Å². The molecule has 2 N–H and O–H groups in total. The van der Waals surface area contributed by atoms with Gasteiger partial charge in [-0.1, -0.05) is 55.4 Å². The van der Waals surface area contributed by atoms with E-state index in [1.807, 2.05) is 0 Å². The minimum absolute atomic E-state index is 0.331. The molecule has 1 aliphatic carbocycles. The van der Waals surface area contributed by atoms with E-state index in [1.54, 1.807) is 5.57 Å². The highest BCUT2D eigenvalue weighted by Crippen LogP contribution is 2.40. The normalized spacial score (nSPS) is 20.0. The molecule has 0 radical (unpaired) electrons. The van der Waals surface area contributed by atoms with Gasteiger partial charge in [0.25, 0.3) is 0 Å². The Morgan fingerprint density at radius 3 is 2.71 bits per heavy atom. The maximum atomic E-state index is 5.49. The molecule has 0 amide bonds. The van der Waals surface area contributed by atoms with Gasteiger partial charge in [-0.3, -0.25) is 0 Å². The van der Waals surface area contributed by atoms with Crippen molar-refractivity contribution in [3.63, 3.8) is 0 Å². The third kappa shape index (κ3) is 6.48. The summed E-state index contributed by atoms with van der Waals surface area (Å²) in [6.45, 7) is 10.00. The Morgan fingerprint density at radius 1 is 1.29 bits per heavy atom. The lowest BCUT2D eigenvalue weighted by atomic mass is 9.72. The van der Waals surface area contributed by atoms with E-state index < -0.39 is 0 Å². The Morgan fingerprint density at radius 2 is 2.05 bits per heavy atom. The lowest BCUT2D eigenvalue weighted by Gasteiger charge is -2.32. The maximum Gasteiger partial charge on any atom is -0.00772 e. The molecule has 0 aliphatic heterocycles. The highest BCUT2D eigenvalue weighted by Gasteiger charge is 2.26. The zero-order chi connectivity index (χ0) is 15.7. The minimum atomic E-state index is 0.331. The van der Waals surface area contributed by atoms with Gasteiger partial charge in [-0.25, -0.2) is 0 Å². The molecule has 0 aromatic carbocycles. The smallest absolute Gasteiger partial charge is 0.00772 e. The molecule has 0 spiro atoms. The monoisotopic (exact) mass is 287 g/mol. The lowest BCUT2D eigenvalue weighted by molar-refractivity contribution is 0.377. The summed E-state index contributed by atoms with van der Waals surface area (Å²) >= 11 is 0. The molecule has 0 aromatic heterocycles. The molecule has 0 atom stereocenters. The van der Waals surface area contributed by atoms with Crippen LogP contribution in [0.3, 0.4) is 0 Å². The van der Waals surface area contributed by atoms with Gasteiger partial charge in [0.1, 0.15) is 0 Å². The zero-order valence-corrected chi connectivity index (χ0v) is 14.4. The molecule has 1 nitrogen and oxygen atoms in total. The van der Waals surface area contributed by atoms with Crippen LogP contribution in [0.4, 0.5) is 0 Å². The van der Waals surface area contributed by atoms with E-state index in [-0.39, 0.29) is 0 Å². The standard InChI is InChI=1S/C20H33N/c1-17(11-8-6-5-7-9-16-21)13-14-19-18(2)12-10-15-20(19,3)4/h6,8,11,13-14H,5,7,9-10,12,15-16,21H2,1-4H3. The van der Waals surface area contributed by atoms with E-state index in [4.69, 9.17) is 5.73 Å². The first-order valence-corrected chi connectivity index (χ1v) is 8.39. The van der Waals surface area contributed by atoms with Gasteiger partial charge in [0.2, 0.25) is 0 Å². The van der Waals surface area contributed by atoms with Gasteiger partial charge in [-0.05, 0) is 69.9 Å². The van der Waals surface area contributed by atoms with Gasteiger partial charge in [0.05, 0.1) is 0 Å². The molecule has 1 heteroatoms. The van der Waals surface area contributed by atoms with Gasteiger partial charge in [0.15, 0.2) is 0 Å². The minimum Gasteiger partial charge on any atom is -0.330 e. The number of hydrogen-bond donors (Lipinski definition) is 1. The van der Waals surface area contributed by atoms with Crippen LogP contribution in [-0.4, -0.2) is 6.54 Å². The van der Waals surface area contributed by atoms with Crippen LogP contribution in [0.2, 0.25) is 0 Å². The van der Waals surface area contributed by atoms with Crippen LogP contribution in [0.5, 0.6) is 0 Å². The van der Waals surface area contributed by atoms with E-state index in [9.17, 15) is 0 Å². The van der Waals surface area contributed by atoms with Crippen molar-refractivity contribution in [1.29, 1.82) is 0 Å². The van der Waals surface area contributed by atoms with Crippen molar-refractivity contribution < 1.29 is 0 Å². The van der Waals surface area contributed by atoms with Gasteiger partial charge < -0.3 is 5.73 Å². The first-order chi connectivity index (χ1) is 9.97. The van der Waals surface area contributed by atoms with Crippen molar-refractivity contribution in [3.05, 3.63) is 47.1 Å². The van der Waals surface area contributed by atoms with Crippen molar-refractivity contribution in [1.82, 2.24) is 0 Å². The van der Waals surface area contributed by atoms with Gasteiger partial charge in [-0.15, -0.1) is 0 Å². The quantitative estimate of drug-likeness (QED) is 0.471. The summed E-state index contributed by atoms with van der Waals surface area (Å²) in [6, 6.07) is 0. The summed E-state index contributed by atoms with van der Waals surface area (Å²) in [4.78, 5) is 0. The fourth-order valence-corrected chi connectivity index (χ4v) is 3.00. The van der Waals surface area contributed by atoms with Crippen LogP contribution < -0.4 is 5.73 Å². The van der Waals surface area contributed by atoms with Crippen molar-refractivity contribution >= 4 is 0 Å². The highest BCUT2D eigenvalue weighted by atomic mass is 14.5. The van der Waals surface area contributed by atoms with Crippen LogP contribution in [-0.2, 0) is 0 Å². The Labute approximate surface area is 131 Å². The van der Waals surface area contributed by atoms with Gasteiger partial charge in [0, 0.05) is 0 Å². The van der Waals surface area contributed by atoms with E-state index in [0.717, 1.165) is 19.4 Å². The first kappa shape index (κ1) is 18.0. The van der Waals surface area contributed by atoms with Crippen molar-refractivity contribution in [2.45, 2.75) is 66.2 Å². The maximum absolute atomic E-state index is 5.49. The van der Waals surface area contributed by atoms with Gasteiger partial charge in [-0.2, -0.15) is 0 Å². The molecular weight excluding hydrogens is 254 g/mol. The van der Waals surface area contributed by atoms with Crippen LogP contribution >= 0.6 is 0 Å². The van der Waals surface area contributed by atoms with Crippen LogP contribution in [0.25, 0.3) is 0 Å². The molecule has 0 bridgehead atoms. The predicted molar refractivity (Wildman–Crippen MR) is 95.3 cm³/mol. The Hall–Kier alpha value is -1.08. The SMILES string of the molecule is CC(C=CC1=C(C)CCCC1(C)C)=CC=CCCCCN. The number of hydrogen-bond acceptors (Lipinski definition) is 1. The third-order valence-corrected chi connectivity index (χ3v) is 4.38. The lowest BCUT2D eigenvalue weighted by Crippen LogP contribution is -2.19. The molecule has 118 valence electrons. The average Bonchev–Trinajstić information content (AvgIpc) is 2.41. The second kappa shape index (κ2) is 9.04. The highest BCUT2D eigenvalue weighted by molar-refractivity contribution is 5.36. The van der Waals surface area contributed by atoms with Crippen LogP contribution in [0, 0.1) is 5.41 Å². The Bertz CT molecular complexity index is 433. The average molecular weight is 287 g/mol. The molecule has 21 heavy (non-hydrogen) atoms. The van der Waals surface area contributed by atoms with E-state index in [1.165, 1.54) is 36.8 Å². The molecule has 1 rings (SSSR count). The summed E-state index contributed by atoms with van der Waals surface area (Å²) in [5.41, 5.74) is 10.2. The number of allylic oxidation sites excluding steroid dienone is 8. The van der Waals surface area contributed by atoms with E-state index in [2.05, 4.69) is 58.1 Å². The number of unbranched alkanes of at least 4 members (excludes halogenated alkanes) is 2. The molecule has 0 saturated carbocycles. The second-order valence-corrected chi connectivity index (χ2v) is 6.89. The number of nitrogens with two attached hydrogens (primary N) is 1. The molecule has 0 saturated heterocycles. The van der Waals surface area contributed by atoms with Gasteiger partial charge >= 0.3 is 0 Å². The topological polar surface area (TPSA) is 26.0 Å². The Kier molecular flexibility index (Phi) is 7.74. The summed E-state index contributed by atoms with van der Waals surface area (Å²) in [7, 11) is 0. The summed E-state index contributed by atoms with van der Waals surface area (Å²) in [5, 5.41) is 0. The Balaban J connectivity index is 2.58. The van der Waals surface area contributed by atoms with Crippen molar-refractivity contribution in [3.8, 4) is 0 Å². The molecular formula is C20H33N. The van der Waals surface area contributed by atoms with E-state index in [0.29, 0.717) is 5.41 Å². The summed E-state index contributed by atoms with van der Waals surface area (Å²) in [5.74, 6) is 0. The van der Waals surface area contributed by atoms with Crippen molar-refractivity contribution in [2.24, 2.45) is 11.1 Å². The second-order valence-electron chi connectivity index (χ2n) is 6.89. The molecule has 0 heterocycles.